The molecule has 4 rings (SSSR count). The molecule has 11 heteroatoms. The first kappa shape index (κ1) is 30.0. The van der Waals surface area contributed by atoms with Crippen molar-refractivity contribution in [3.05, 3.63) is 130 Å². The molecule has 42 heavy (non-hydrogen) atoms. The highest BCUT2D eigenvalue weighted by molar-refractivity contribution is 5.54. The van der Waals surface area contributed by atoms with E-state index in [9.17, 15) is 13.9 Å². The van der Waals surface area contributed by atoms with Gasteiger partial charge in [0.25, 0.3) is 0 Å². The van der Waals surface area contributed by atoms with Gasteiger partial charge in [0.15, 0.2) is 5.60 Å². The maximum Gasteiger partial charge on any atom is 0.323 e. The van der Waals surface area contributed by atoms with Gasteiger partial charge in [-0.2, -0.15) is 13.9 Å². The maximum atomic E-state index is 15.8. The Labute approximate surface area is 240 Å². The zero-order chi connectivity index (χ0) is 30.3. The van der Waals surface area contributed by atoms with Crippen molar-refractivity contribution in [2.45, 2.75) is 25.1 Å². The number of aromatic nitrogens is 1. The largest absolute Gasteiger partial charge is 0.489 e. The number of ether oxygens (including phenoxy) is 1. The summed E-state index contributed by atoms with van der Waals surface area (Å²) in [5, 5.41) is 14.8. The summed E-state index contributed by atoms with van der Waals surface area (Å²) in [5.74, 6) is 10.4. The summed E-state index contributed by atoms with van der Waals surface area (Å²) in [5.41, 5.74) is -1.92. The number of nitrogens with two attached hydrogens (primary N) is 2. The number of halogens is 4. The number of nitrogens with zero attached hydrogens (tertiary/aromatic N) is 3. The summed E-state index contributed by atoms with van der Waals surface area (Å²) >= 11 is 0. The normalized spacial score (nSPS) is 12.8. The molecule has 0 aliphatic heterocycles. The fourth-order valence-electron chi connectivity index (χ4n) is 4.06. The Bertz CT molecular complexity index is 1600. The molecule has 0 amide bonds. The Morgan fingerprint density at radius 2 is 1.64 bits per heavy atom. The van der Waals surface area contributed by atoms with E-state index >= 15 is 8.78 Å². The topological polar surface area (TPSA) is 110 Å². The lowest BCUT2D eigenvalue weighted by Crippen LogP contribution is -2.53. The van der Waals surface area contributed by atoms with Crippen LogP contribution in [0.4, 0.5) is 17.6 Å². The highest BCUT2D eigenvalue weighted by Gasteiger charge is 2.58. The molecule has 0 saturated heterocycles. The Morgan fingerprint density at radius 3 is 2.26 bits per heavy atom. The molecular formula is C31H27F4N5O2. The lowest BCUT2D eigenvalue weighted by molar-refractivity contribution is -0.203. The first-order chi connectivity index (χ1) is 20.0. The van der Waals surface area contributed by atoms with E-state index in [0.29, 0.717) is 40.6 Å². The van der Waals surface area contributed by atoms with Crippen molar-refractivity contribution in [2.75, 3.05) is 6.54 Å². The van der Waals surface area contributed by atoms with Crippen LogP contribution in [0, 0.1) is 30.4 Å². The average molecular weight is 578 g/mol. The van der Waals surface area contributed by atoms with Crippen molar-refractivity contribution in [1.29, 1.82) is 0 Å². The zero-order valence-corrected chi connectivity index (χ0v) is 22.4. The number of benzene rings is 3. The molecule has 0 aliphatic carbocycles. The number of aryl methyl sites for hydroxylation is 1. The molecule has 0 saturated carbocycles. The molecular weight excluding hydrogens is 550 g/mol. The molecule has 1 unspecified atom stereocenters. The van der Waals surface area contributed by atoms with Crippen molar-refractivity contribution in [2.24, 2.45) is 16.8 Å². The highest BCUT2D eigenvalue weighted by Crippen LogP contribution is 2.45. The fourth-order valence-corrected chi connectivity index (χ4v) is 4.06. The van der Waals surface area contributed by atoms with Crippen molar-refractivity contribution in [3.8, 4) is 17.6 Å². The van der Waals surface area contributed by atoms with E-state index < -0.39 is 41.0 Å². The van der Waals surface area contributed by atoms with Gasteiger partial charge in [0.05, 0.1) is 6.54 Å². The van der Waals surface area contributed by atoms with Crippen LogP contribution in [0.1, 0.15) is 33.5 Å². The molecule has 7 nitrogen and oxygen atoms in total. The van der Waals surface area contributed by atoms with E-state index in [1.165, 1.54) is 11.6 Å². The molecule has 4 aromatic rings. The van der Waals surface area contributed by atoms with Crippen LogP contribution in [0.2, 0.25) is 0 Å². The fraction of sp³-hybridized carbons (Fsp3) is 0.161. The first-order valence-electron chi connectivity index (χ1n) is 12.6. The van der Waals surface area contributed by atoms with Gasteiger partial charge in [0.2, 0.25) is 0 Å². The highest BCUT2D eigenvalue weighted by atomic mass is 19.3. The van der Waals surface area contributed by atoms with Crippen LogP contribution in [-0.2, 0) is 18.1 Å². The third kappa shape index (κ3) is 6.86. The van der Waals surface area contributed by atoms with E-state index in [2.05, 4.69) is 21.9 Å². The Balaban J connectivity index is 1.51. The van der Waals surface area contributed by atoms with Gasteiger partial charge in [-0.3, -0.25) is 9.99 Å². The summed E-state index contributed by atoms with van der Waals surface area (Å²) < 4.78 is 65.5. The van der Waals surface area contributed by atoms with Gasteiger partial charge in [-0.05, 0) is 61.0 Å². The third-order valence-electron chi connectivity index (χ3n) is 6.34. The number of alkyl halides is 2. The standard InChI is InChI=1S/C31H27F4N5O2/c1-21-2-4-24(5-3-21)18-42-26-12-8-22(9-13-26)6-7-23-10-15-29(38-17-23)31(34,35)30(41,19-40(37)20-39-36)27-14-11-25(32)16-28(27)33/h2-5,8-17,20,41H,18-19,36-37H2,1H3/b39-20-. The van der Waals surface area contributed by atoms with Gasteiger partial charge in [0, 0.05) is 29.0 Å². The predicted octanol–water partition coefficient (Wildman–Crippen LogP) is 4.70. The number of pyridine rings is 1. The molecule has 0 aliphatic rings. The van der Waals surface area contributed by atoms with Crippen LogP contribution in [0.3, 0.4) is 0 Å². The van der Waals surface area contributed by atoms with Gasteiger partial charge < -0.3 is 15.7 Å². The zero-order valence-electron chi connectivity index (χ0n) is 22.4. The smallest absolute Gasteiger partial charge is 0.323 e. The lowest BCUT2D eigenvalue weighted by atomic mass is 9.84. The molecule has 0 bridgehead atoms. The quantitative estimate of drug-likeness (QED) is 0.0664. The van der Waals surface area contributed by atoms with E-state index in [1.807, 2.05) is 31.2 Å². The minimum atomic E-state index is -4.20. The van der Waals surface area contributed by atoms with E-state index in [0.717, 1.165) is 30.2 Å². The number of hydrazine groups is 1. The second-order valence-corrected chi connectivity index (χ2v) is 9.48. The number of rotatable bonds is 9. The van der Waals surface area contributed by atoms with Crippen LogP contribution in [-0.4, -0.2) is 28.0 Å². The monoisotopic (exact) mass is 577 g/mol. The molecule has 0 spiro atoms. The summed E-state index contributed by atoms with van der Waals surface area (Å²) in [4.78, 5) is 3.78. The number of hydrazone groups is 1. The van der Waals surface area contributed by atoms with E-state index in [1.54, 1.807) is 24.3 Å². The molecule has 1 heterocycles. The Morgan fingerprint density at radius 1 is 0.976 bits per heavy atom. The summed E-state index contributed by atoms with van der Waals surface area (Å²) in [6.45, 7) is 1.37. The van der Waals surface area contributed by atoms with E-state index in [-0.39, 0.29) is 0 Å². The van der Waals surface area contributed by atoms with Crippen LogP contribution in [0.15, 0.2) is 90.2 Å². The number of hydrogen-bond acceptors (Lipinski definition) is 6. The predicted molar refractivity (Wildman–Crippen MR) is 150 cm³/mol. The second-order valence-electron chi connectivity index (χ2n) is 9.48. The second kappa shape index (κ2) is 12.7. The Kier molecular flexibility index (Phi) is 9.10. The molecule has 3 aromatic carbocycles. The first-order valence-corrected chi connectivity index (χ1v) is 12.6. The minimum Gasteiger partial charge on any atom is -0.489 e. The van der Waals surface area contributed by atoms with Crippen molar-refractivity contribution in [1.82, 2.24) is 9.99 Å². The SMILES string of the molecule is Cc1ccc(COc2ccc(C#Cc3ccc(C(F)(F)C(O)(CN(N)/C=N\N)c4ccc(F)cc4F)nc3)cc2)cc1. The lowest BCUT2D eigenvalue weighted by Gasteiger charge is -2.37. The van der Waals surface area contributed by atoms with Gasteiger partial charge in [-0.25, -0.2) is 14.6 Å². The van der Waals surface area contributed by atoms with Gasteiger partial charge in [0.1, 0.15) is 36.0 Å². The van der Waals surface area contributed by atoms with E-state index in [4.69, 9.17) is 16.4 Å². The van der Waals surface area contributed by atoms with Crippen molar-refractivity contribution >= 4 is 6.34 Å². The number of aliphatic hydroxyl groups is 1. The molecule has 1 atom stereocenters. The minimum absolute atomic E-state index is 0.307. The molecule has 0 radical (unpaired) electrons. The molecule has 0 fully saturated rings. The Hall–Kier alpha value is -4.92. The van der Waals surface area contributed by atoms with Gasteiger partial charge >= 0.3 is 5.92 Å². The molecule has 216 valence electrons. The summed E-state index contributed by atoms with van der Waals surface area (Å²) in [6, 6.07) is 19.1. The summed E-state index contributed by atoms with van der Waals surface area (Å²) in [7, 11) is 0. The van der Waals surface area contributed by atoms with Gasteiger partial charge in [-0.15, -0.1) is 0 Å². The van der Waals surface area contributed by atoms with Crippen LogP contribution < -0.4 is 16.4 Å². The average Bonchev–Trinajstić information content (AvgIpc) is 2.96. The number of hydrogen-bond donors (Lipinski definition) is 3. The van der Waals surface area contributed by atoms with Crippen molar-refractivity contribution < 1.29 is 27.4 Å². The molecule has 5 N–H and O–H groups in total. The van der Waals surface area contributed by atoms with Crippen LogP contribution >= 0.6 is 0 Å². The maximum absolute atomic E-state index is 15.8. The van der Waals surface area contributed by atoms with Crippen molar-refractivity contribution in [3.63, 3.8) is 0 Å². The molecule has 1 aromatic heterocycles. The van der Waals surface area contributed by atoms with Gasteiger partial charge in [-0.1, -0.05) is 41.7 Å². The third-order valence-corrected chi connectivity index (χ3v) is 6.34. The van der Waals surface area contributed by atoms with Crippen LogP contribution in [0.5, 0.6) is 5.75 Å². The summed E-state index contributed by atoms with van der Waals surface area (Å²) in [6.07, 6.45) is 1.86. The van der Waals surface area contributed by atoms with Crippen LogP contribution in [0.25, 0.3) is 0 Å².